The fraction of sp³-hybridized carbons (Fsp3) is 0.700. The number of aliphatic hydroxyl groups is 1. The van der Waals surface area contributed by atoms with Gasteiger partial charge in [0.15, 0.2) is 0 Å². The van der Waals surface area contributed by atoms with Crippen LogP contribution in [0.2, 0.25) is 0 Å². The molecule has 1 aliphatic heterocycles. The molecule has 4 heteroatoms. The Bertz CT molecular complexity index is 292. The van der Waals surface area contributed by atoms with E-state index >= 15 is 0 Å². The van der Waals surface area contributed by atoms with E-state index in [4.69, 9.17) is 0 Å². The first-order valence-electron chi connectivity index (χ1n) is 4.99. The van der Waals surface area contributed by atoms with Gasteiger partial charge in [-0.1, -0.05) is 0 Å². The Kier molecular flexibility index (Phi) is 3.47. The fourth-order valence-corrected chi connectivity index (χ4v) is 4.00. The maximum atomic E-state index is 9.24. The number of hydrogen-bond donors (Lipinski definition) is 1. The van der Waals surface area contributed by atoms with Crippen LogP contribution in [0.1, 0.15) is 35.7 Å². The molecular formula is C10H15NOS2. The maximum Gasteiger partial charge on any atom is 0.106 e. The van der Waals surface area contributed by atoms with Gasteiger partial charge >= 0.3 is 0 Å². The summed E-state index contributed by atoms with van der Waals surface area (Å²) in [4.78, 5) is 4.57. The predicted octanol–water partition coefficient (Wildman–Crippen LogP) is 2.63. The van der Waals surface area contributed by atoms with Gasteiger partial charge in [-0.25, -0.2) is 4.98 Å². The molecule has 1 aromatic heterocycles. The van der Waals surface area contributed by atoms with Crippen LogP contribution in [-0.4, -0.2) is 21.9 Å². The third-order valence-electron chi connectivity index (χ3n) is 2.28. The molecule has 2 rings (SSSR count). The Morgan fingerprint density at radius 2 is 2.57 bits per heavy atom. The van der Waals surface area contributed by atoms with Gasteiger partial charge < -0.3 is 5.11 Å². The van der Waals surface area contributed by atoms with Crippen LogP contribution in [-0.2, 0) is 6.42 Å². The SMILES string of the molecule is CC(O)Cc1csc(C2CCCS2)n1. The summed E-state index contributed by atoms with van der Waals surface area (Å²) in [5.74, 6) is 1.27. The summed E-state index contributed by atoms with van der Waals surface area (Å²) in [5, 5.41) is 13.2. The minimum atomic E-state index is -0.277. The smallest absolute Gasteiger partial charge is 0.106 e. The predicted molar refractivity (Wildman–Crippen MR) is 61.9 cm³/mol. The number of aromatic nitrogens is 1. The molecular weight excluding hydrogens is 214 g/mol. The Morgan fingerprint density at radius 3 is 3.21 bits per heavy atom. The summed E-state index contributed by atoms with van der Waals surface area (Å²) in [7, 11) is 0. The van der Waals surface area contributed by atoms with Gasteiger partial charge in [0.1, 0.15) is 5.01 Å². The number of rotatable bonds is 3. The molecule has 0 radical (unpaired) electrons. The molecule has 14 heavy (non-hydrogen) atoms. The lowest BCUT2D eigenvalue weighted by atomic mass is 10.2. The average Bonchev–Trinajstić information content (AvgIpc) is 2.69. The zero-order valence-electron chi connectivity index (χ0n) is 8.27. The molecule has 1 aromatic rings. The van der Waals surface area contributed by atoms with Gasteiger partial charge in [0.2, 0.25) is 0 Å². The normalized spacial score (nSPS) is 24.0. The van der Waals surface area contributed by atoms with Crippen molar-refractivity contribution in [3.63, 3.8) is 0 Å². The molecule has 0 saturated carbocycles. The second-order valence-electron chi connectivity index (χ2n) is 3.73. The summed E-state index contributed by atoms with van der Waals surface area (Å²) in [6.07, 6.45) is 3.00. The third kappa shape index (κ3) is 2.49. The van der Waals surface area contributed by atoms with Crippen molar-refractivity contribution in [3.05, 3.63) is 16.1 Å². The zero-order chi connectivity index (χ0) is 9.97. The minimum absolute atomic E-state index is 0.277. The maximum absolute atomic E-state index is 9.24. The minimum Gasteiger partial charge on any atom is -0.393 e. The summed E-state index contributed by atoms with van der Waals surface area (Å²) >= 11 is 3.76. The highest BCUT2D eigenvalue weighted by Gasteiger charge is 2.20. The monoisotopic (exact) mass is 229 g/mol. The molecule has 0 aliphatic carbocycles. The van der Waals surface area contributed by atoms with Crippen molar-refractivity contribution in [2.24, 2.45) is 0 Å². The molecule has 0 spiro atoms. The third-order valence-corrected chi connectivity index (χ3v) is 4.82. The zero-order valence-corrected chi connectivity index (χ0v) is 9.90. The van der Waals surface area contributed by atoms with Crippen molar-refractivity contribution in [1.29, 1.82) is 0 Å². The second-order valence-corrected chi connectivity index (χ2v) is 5.93. The van der Waals surface area contributed by atoms with Crippen LogP contribution in [0.15, 0.2) is 5.38 Å². The Labute approximate surface area is 92.8 Å². The van der Waals surface area contributed by atoms with Gasteiger partial charge in [0.25, 0.3) is 0 Å². The molecule has 78 valence electrons. The molecule has 1 saturated heterocycles. The molecule has 1 N–H and O–H groups in total. The summed E-state index contributed by atoms with van der Waals surface area (Å²) in [6, 6.07) is 0. The van der Waals surface area contributed by atoms with E-state index in [1.807, 2.05) is 18.7 Å². The van der Waals surface area contributed by atoms with E-state index in [0.717, 1.165) is 5.69 Å². The lowest BCUT2D eigenvalue weighted by Crippen LogP contribution is -2.04. The second kappa shape index (κ2) is 4.64. The van der Waals surface area contributed by atoms with Crippen molar-refractivity contribution in [2.75, 3.05) is 5.75 Å². The van der Waals surface area contributed by atoms with Gasteiger partial charge in [0.05, 0.1) is 17.0 Å². The molecule has 0 amide bonds. The Balaban J connectivity index is 2.01. The van der Waals surface area contributed by atoms with Crippen LogP contribution in [0.25, 0.3) is 0 Å². The first-order valence-corrected chi connectivity index (χ1v) is 6.92. The Morgan fingerprint density at radius 1 is 1.71 bits per heavy atom. The first kappa shape index (κ1) is 10.5. The van der Waals surface area contributed by atoms with Gasteiger partial charge in [-0.05, 0) is 25.5 Å². The highest BCUT2D eigenvalue weighted by molar-refractivity contribution is 7.99. The lowest BCUT2D eigenvalue weighted by molar-refractivity contribution is 0.194. The average molecular weight is 229 g/mol. The number of thiazole rings is 1. The summed E-state index contributed by atoms with van der Waals surface area (Å²) < 4.78 is 0. The van der Waals surface area contributed by atoms with E-state index in [2.05, 4.69) is 10.4 Å². The first-order chi connectivity index (χ1) is 6.75. The number of thioether (sulfide) groups is 1. The van der Waals surface area contributed by atoms with E-state index in [9.17, 15) is 5.11 Å². The number of nitrogens with zero attached hydrogens (tertiary/aromatic N) is 1. The van der Waals surface area contributed by atoms with Gasteiger partial charge in [-0.15, -0.1) is 11.3 Å². The largest absolute Gasteiger partial charge is 0.393 e. The van der Waals surface area contributed by atoms with Crippen molar-refractivity contribution in [3.8, 4) is 0 Å². The Hall–Kier alpha value is -0.0600. The van der Waals surface area contributed by atoms with Crippen LogP contribution < -0.4 is 0 Å². The van der Waals surface area contributed by atoms with E-state index in [1.54, 1.807) is 11.3 Å². The van der Waals surface area contributed by atoms with Gasteiger partial charge in [-0.3, -0.25) is 0 Å². The van der Waals surface area contributed by atoms with E-state index < -0.39 is 0 Å². The number of hydrogen-bond acceptors (Lipinski definition) is 4. The van der Waals surface area contributed by atoms with Crippen LogP contribution in [0.4, 0.5) is 0 Å². The summed E-state index contributed by atoms with van der Waals surface area (Å²) in [6.45, 7) is 1.81. The molecule has 1 aliphatic rings. The van der Waals surface area contributed by atoms with E-state index in [1.165, 1.54) is 23.6 Å². The molecule has 2 nitrogen and oxygen atoms in total. The standard InChI is InChI=1S/C10H15NOS2/c1-7(12)5-8-6-14-10(11-8)9-3-2-4-13-9/h6-7,9,12H,2-5H2,1H3. The quantitative estimate of drug-likeness (QED) is 0.865. The topological polar surface area (TPSA) is 33.1 Å². The molecule has 0 bridgehead atoms. The highest BCUT2D eigenvalue weighted by Crippen LogP contribution is 2.40. The van der Waals surface area contributed by atoms with Crippen molar-refractivity contribution in [2.45, 2.75) is 37.5 Å². The molecule has 2 unspecified atom stereocenters. The van der Waals surface area contributed by atoms with Crippen molar-refractivity contribution in [1.82, 2.24) is 4.98 Å². The molecule has 1 fully saturated rings. The van der Waals surface area contributed by atoms with E-state index in [0.29, 0.717) is 11.7 Å². The van der Waals surface area contributed by atoms with Crippen LogP contribution in [0.5, 0.6) is 0 Å². The van der Waals surface area contributed by atoms with Crippen LogP contribution in [0, 0.1) is 0 Å². The number of aliphatic hydroxyl groups excluding tert-OH is 1. The van der Waals surface area contributed by atoms with Crippen LogP contribution in [0.3, 0.4) is 0 Å². The molecule has 0 aromatic carbocycles. The lowest BCUT2D eigenvalue weighted by Gasteiger charge is -2.03. The van der Waals surface area contributed by atoms with Gasteiger partial charge in [0, 0.05) is 11.8 Å². The van der Waals surface area contributed by atoms with Crippen molar-refractivity contribution < 1.29 is 5.11 Å². The fourth-order valence-electron chi connectivity index (χ4n) is 1.64. The summed E-state index contributed by atoms with van der Waals surface area (Å²) in [5.41, 5.74) is 1.05. The van der Waals surface area contributed by atoms with Crippen LogP contribution >= 0.6 is 23.1 Å². The van der Waals surface area contributed by atoms with Gasteiger partial charge in [-0.2, -0.15) is 11.8 Å². The highest BCUT2D eigenvalue weighted by atomic mass is 32.2. The van der Waals surface area contributed by atoms with E-state index in [-0.39, 0.29) is 6.10 Å². The molecule has 2 heterocycles. The molecule has 2 atom stereocenters. The van der Waals surface area contributed by atoms with Crippen molar-refractivity contribution >= 4 is 23.1 Å².